The summed E-state index contributed by atoms with van der Waals surface area (Å²) in [5, 5.41) is 0. The molecule has 9 heteroatoms. The lowest BCUT2D eigenvalue weighted by molar-refractivity contribution is 0.435. The van der Waals surface area contributed by atoms with Gasteiger partial charge >= 0.3 is 5.69 Å². The number of aromatic amines is 1. The zero-order valence-electron chi connectivity index (χ0n) is 18.0. The molecule has 0 saturated carbocycles. The van der Waals surface area contributed by atoms with Gasteiger partial charge in [-0.15, -0.1) is 0 Å². The van der Waals surface area contributed by atoms with Crippen molar-refractivity contribution in [2.45, 2.75) is 43.5 Å². The second-order valence-corrected chi connectivity index (χ2v) is 10.0. The smallest absolute Gasteiger partial charge is 0.297 e. The van der Waals surface area contributed by atoms with Crippen molar-refractivity contribution in [3.05, 3.63) is 80.9 Å². The molecule has 0 unspecified atom stereocenters. The first-order chi connectivity index (χ1) is 15.4. The summed E-state index contributed by atoms with van der Waals surface area (Å²) in [6.45, 7) is 0.604. The van der Waals surface area contributed by atoms with Crippen LogP contribution in [0.2, 0.25) is 0 Å². The van der Waals surface area contributed by atoms with Gasteiger partial charge in [0.25, 0.3) is 5.56 Å². The lowest BCUT2D eigenvalue weighted by Gasteiger charge is -2.21. The van der Waals surface area contributed by atoms with Crippen LogP contribution in [-0.2, 0) is 29.4 Å². The average molecular weight is 455 g/mol. The van der Waals surface area contributed by atoms with Gasteiger partial charge in [0.05, 0.1) is 4.90 Å². The Balaban J connectivity index is 1.49. The summed E-state index contributed by atoms with van der Waals surface area (Å²) in [6, 6.07) is 10.5. The highest BCUT2D eigenvalue weighted by molar-refractivity contribution is 7.89. The molecule has 8 nitrogen and oxygen atoms in total. The highest BCUT2D eigenvalue weighted by atomic mass is 32.2. The first-order valence-electron chi connectivity index (χ1n) is 10.7. The van der Waals surface area contributed by atoms with E-state index in [9.17, 15) is 18.0 Å². The fourth-order valence-electron chi connectivity index (χ4n) is 4.15. The third kappa shape index (κ3) is 4.44. The van der Waals surface area contributed by atoms with Gasteiger partial charge < -0.3 is 0 Å². The molecule has 4 rings (SSSR count). The summed E-state index contributed by atoms with van der Waals surface area (Å²) in [6.07, 6.45) is 7.07. The number of rotatable bonds is 7. The molecule has 0 atom stereocenters. The van der Waals surface area contributed by atoms with Crippen LogP contribution in [-0.4, -0.2) is 40.9 Å². The van der Waals surface area contributed by atoms with Crippen molar-refractivity contribution >= 4 is 10.0 Å². The highest BCUT2D eigenvalue weighted by Crippen LogP contribution is 2.23. The average Bonchev–Trinajstić information content (AvgIpc) is 2.81. The Bertz CT molecular complexity index is 1330. The van der Waals surface area contributed by atoms with Crippen molar-refractivity contribution in [1.29, 1.82) is 0 Å². The van der Waals surface area contributed by atoms with Crippen LogP contribution in [0.5, 0.6) is 0 Å². The molecule has 0 bridgehead atoms. The van der Waals surface area contributed by atoms with Crippen LogP contribution in [0, 0.1) is 0 Å². The fraction of sp³-hybridized carbons (Fsp3) is 0.348. The summed E-state index contributed by atoms with van der Waals surface area (Å²) in [5.74, 6) is 0. The van der Waals surface area contributed by atoms with Gasteiger partial charge in [-0.2, -0.15) is 0 Å². The monoisotopic (exact) mass is 454 g/mol. The van der Waals surface area contributed by atoms with E-state index in [0.717, 1.165) is 29.7 Å². The molecule has 2 aromatic heterocycles. The number of hydrogen-bond donors (Lipinski definition) is 1. The van der Waals surface area contributed by atoms with Crippen LogP contribution >= 0.6 is 0 Å². The van der Waals surface area contributed by atoms with Gasteiger partial charge in [-0.3, -0.25) is 19.3 Å². The van der Waals surface area contributed by atoms with E-state index in [4.69, 9.17) is 0 Å². The Kier molecular flexibility index (Phi) is 6.38. The molecule has 0 fully saturated rings. The third-order valence-electron chi connectivity index (χ3n) is 5.90. The van der Waals surface area contributed by atoms with Gasteiger partial charge in [-0.25, -0.2) is 17.5 Å². The Morgan fingerprint density at radius 3 is 2.66 bits per heavy atom. The highest BCUT2D eigenvalue weighted by Gasteiger charge is 2.22. The number of H-pyrrole nitrogens is 1. The minimum absolute atomic E-state index is 0.208. The number of benzene rings is 1. The van der Waals surface area contributed by atoms with E-state index in [1.54, 1.807) is 41.2 Å². The lowest BCUT2D eigenvalue weighted by Crippen LogP contribution is -2.37. The molecule has 1 aliphatic rings. The van der Waals surface area contributed by atoms with E-state index < -0.39 is 15.7 Å². The first-order valence-corrected chi connectivity index (χ1v) is 12.1. The third-order valence-corrected chi connectivity index (χ3v) is 7.75. The molecule has 0 saturated heterocycles. The van der Waals surface area contributed by atoms with Crippen LogP contribution in [0.4, 0.5) is 0 Å². The Morgan fingerprint density at radius 1 is 1.09 bits per heavy atom. The molecule has 2 heterocycles. The molecule has 3 aromatic rings. The van der Waals surface area contributed by atoms with Crippen LogP contribution < -0.4 is 11.2 Å². The number of aromatic nitrogens is 3. The standard InChI is InChI=1S/C23H26N4O4S/c1-26(13-6-14-27-21-11-3-2-10-20(21)22(28)25-23(27)29)32(30,31)19-9-4-7-17(15-19)18-8-5-12-24-16-18/h4-5,7-9,12,15-16H,2-3,6,10-11,13-14H2,1H3,(H,25,28,29). The SMILES string of the molecule is CN(CCCn1c2c(c(=O)[nH]c1=O)CCCC2)S(=O)(=O)c1cccc(-c2cccnc2)c1. The zero-order valence-corrected chi connectivity index (χ0v) is 18.8. The summed E-state index contributed by atoms with van der Waals surface area (Å²) in [7, 11) is -2.15. The second kappa shape index (κ2) is 9.22. The Hall–Kier alpha value is -3.04. The predicted molar refractivity (Wildman–Crippen MR) is 122 cm³/mol. The summed E-state index contributed by atoms with van der Waals surface area (Å²) in [4.78, 5) is 31.1. The van der Waals surface area contributed by atoms with Crippen molar-refractivity contribution in [1.82, 2.24) is 18.8 Å². The lowest BCUT2D eigenvalue weighted by atomic mass is 9.97. The normalized spacial score (nSPS) is 13.8. The summed E-state index contributed by atoms with van der Waals surface area (Å²) in [5.41, 5.74) is 2.37. The molecule has 0 radical (unpaired) electrons. The number of nitrogens with zero attached hydrogens (tertiary/aromatic N) is 3. The van der Waals surface area contributed by atoms with Crippen molar-refractivity contribution in [2.75, 3.05) is 13.6 Å². The predicted octanol–water partition coefficient (Wildman–Crippen LogP) is 2.19. The molecule has 0 spiro atoms. The Labute approximate surface area is 186 Å². The van der Waals surface area contributed by atoms with E-state index in [0.29, 0.717) is 31.4 Å². The second-order valence-electron chi connectivity index (χ2n) is 7.99. The van der Waals surface area contributed by atoms with Crippen LogP contribution in [0.1, 0.15) is 30.5 Å². The molecular formula is C23H26N4O4S. The summed E-state index contributed by atoms with van der Waals surface area (Å²) < 4.78 is 29.1. The van der Waals surface area contributed by atoms with E-state index in [2.05, 4.69) is 9.97 Å². The van der Waals surface area contributed by atoms with Gasteiger partial charge in [0.2, 0.25) is 10.0 Å². The van der Waals surface area contributed by atoms with Gasteiger partial charge in [-0.1, -0.05) is 18.2 Å². The maximum Gasteiger partial charge on any atom is 0.328 e. The van der Waals surface area contributed by atoms with Gasteiger partial charge in [0, 0.05) is 49.4 Å². The van der Waals surface area contributed by atoms with E-state index in [-0.39, 0.29) is 17.0 Å². The topological polar surface area (TPSA) is 105 Å². The van der Waals surface area contributed by atoms with Crippen LogP contribution in [0.3, 0.4) is 0 Å². The number of pyridine rings is 1. The van der Waals surface area contributed by atoms with Gasteiger partial charge in [-0.05, 0) is 55.9 Å². The number of sulfonamides is 1. The maximum absolute atomic E-state index is 13.1. The molecule has 168 valence electrons. The molecule has 1 aliphatic carbocycles. The van der Waals surface area contributed by atoms with Crippen molar-refractivity contribution < 1.29 is 8.42 Å². The van der Waals surface area contributed by atoms with Gasteiger partial charge in [0.1, 0.15) is 0 Å². The van der Waals surface area contributed by atoms with Crippen molar-refractivity contribution in [2.24, 2.45) is 0 Å². The van der Waals surface area contributed by atoms with E-state index in [1.807, 2.05) is 12.1 Å². The summed E-state index contributed by atoms with van der Waals surface area (Å²) >= 11 is 0. The van der Waals surface area contributed by atoms with Gasteiger partial charge in [0.15, 0.2) is 0 Å². The number of nitrogens with one attached hydrogen (secondary N) is 1. The minimum atomic E-state index is -3.69. The van der Waals surface area contributed by atoms with E-state index in [1.165, 1.54) is 11.4 Å². The first kappa shape index (κ1) is 22.2. The van der Waals surface area contributed by atoms with Crippen LogP contribution in [0.15, 0.2) is 63.3 Å². The van der Waals surface area contributed by atoms with Crippen molar-refractivity contribution in [3.8, 4) is 11.1 Å². The molecule has 32 heavy (non-hydrogen) atoms. The largest absolute Gasteiger partial charge is 0.328 e. The minimum Gasteiger partial charge on any atom is -0.297 e. The number of fused-ring (bicyclic) bond motifs is 1. The quantitative estimate of drug-likeness (QED) is 0.589. The zero-order chi connectivity index (χ0) is 22.7. The molecule has 1 aromatic carbocycles. The molecular weight excluding hydrogens is 428 g/mol. The van der Waals surface area contributed by atoms with Crippen LogP contribution in [0.25, 0.3) is 11.1 Å². The molecule has 0 aliphatic heterocycles. The fourth-order valence-corrected chi connectivity index (χ4v) is 5.41. The van der Waals surface area contributed by atoms with Crippen molar-refractivity contribution in [3.63, 3.8) is 0 Å². The molecule has 1 N–H and O–H groups in total. The Morgan fingerprint density at radius 2 is 1.88 bits per heavy atom. The van der Waals surface area contributed by atoms with E-state index >= 15 is 0 Å². The molecule has 0 amide bonds. The number of hydrogen-bond acceptors (Lipinski definition) is 5. The maximum atomic E-state index is 13.1.